The average molecular weight is 584 g/mol. The van der Waals surface area contributed by atoms with Gasteiger partial charge in [-0.2, -0.15) is 0 Å². The fraction of sp³-hybridized carbons (Fsp3) is 0.385. The van der Waals surface area contributed by atoms with Crippen molar-refractivity contribution in [1.29, 1.82) is 0 Å². The van der Waals surface area contributed by atoms with E-state index in [4.69, 9.17) is 11.6 Å². The number of anilines is 3. The van der Waals surface area contributed by atoms with Crippen LogP contribution in [0.5, 0.6) is 0 Å². The number of piperazine rings is 1. The van der Waals surface area contributed by atoms with Gasteiger partial charge in [0.1, 0.15) is 6.04 Å². The lowest BCUT2D eigenvalue weighted by Gasteiger charge is -2.44. The summed E-state index contributed by atoms with van der Waals surface area (Å²) in [5, 5.41) is 12.9. The Hall–Kier alpha value is -2.86. The third-order valence-electron chi connectivity index (χ3n) is 7.16. The van der Waals surface area contributed by atoms with Crippen molar-refractivity contribution in [1.82, 2.24) is 9.88 Å². The van der Waals surface area contributed by atoms with Gasteiger partial charge in [0.15, 0.2) is 5.13 Å². The maximum Gasteiger partial charge on any atom is 0.263 e. The topological polar surface area (TPSA) is 106 Å². The van der Waals surface area contributed by atoms with Crippen LogP contribution in [-0.2, 0) is 21.2 Å². The number of amides is 1. The van der Waals surface area contributed by atoms with Crippen molar-refractivity contribution < 1.29 is 24.0 Å². The Morgan fingerprint density at radius 1 is 1.24 bits per heavy atom. The summed E-state index contributed by atoms with van der Waals surface area (Å²) in [6.07, 6.45) is 3.43. The Balaban J connectivity index is 0.00000220. The van der Waals surface area contributed by atoms with Crippen LogP contribution in [0.4, 0.5) is 16.5 Å². The summed E-state index contributed by atoms with van der Waals surface area (Å²) in [5.41, 5.74) is 3.03. The zero-order chi connectivity index (χ0) is 26.9. The standard InChI is InChI=1S/C26H30ClN5O4S2.4H2/c1-18(31-11-2-3-19-15-20(27)4-9-24(19)31)25(34)32-13-12-30(16-22(32)17-33)21-5-7-23(8-6-21)38(35,36)29-26-28-10-14-37-26;;;;/h4-10,14-15,18,22,33H,2-3,11-13,16-17H2,1H3,(H,28,29);4*1H/t18-,22+;;;;/m1..../s1. The second-order valence-electron chi connectivity index (χ2n) is 9.50. The number of aliphatic hydroxyl groups excluding tert-OH is 1. The number of halogens is 1. The Kier molecular flexibility index (Phi) is 7.80. The molecule has 1 aromatic heterocycles. The van der Waals surface area contributed by atoms with Crippen molar-refractivity contribution in [3.63, 3.8) is 0 Å². The molecule has 2 aromatic carbocycles. The molecule has 0 aliphatic carbocycles. The van der Waals surface area contributed by atoms with Gasteiger partial charge < -0.3 is 19.8 Å². The first-order valence-corrected chi connectivity index (χ1v) is 15.2. The van der Waals surface area contributed by atoms with Crippen LogP contribution in [0, 0.1) is 0 Å². The fourth-order valence-corrected chi connectivity index (χ4v) is 7.17. The zero-order valence-corrected chi connectivity index (χ0v) is 23.3. The summed E-state index contributed by atoms with van der Waals surface area (Å²) < 4.78 is 27.8. The molecule has 3 heterocycles. The summed E-state index contributed by atoms with van der Waals surface area (Å²) in [6.45, 7) is 4.03. The van der Waals surface area contributed by atoms with E-state index in [0.29, 0.717) is 29.8 Å². The normalized spacial score (nSPS) is 18.7. The van der Waals surface area contributed by atoms with Crippen LogP contribution in [0.25, 0.3) is 0 Å². The highest BCUT2D eigenvalue weighted by atomic mass is 35.5. The second kappa shape index (κ2) is 11.1. The molecule has 0 radical (unpaired) electrons. The van der Waals surface area contributed by atoms with E-state index < -0.39 is 10.0 Å². The van der Waals surface area contributed by atoms with Gasteiger partial charge in [-0.25, -0.2) is 13.4 Å². The average Bonchev–Trinajstić information content (AvgIpc) is 3.43. The first-order valence-electron chi connectivity index (χ1n) is 12.5. The van der Waals surface area contributed by atoms with Gasteiger partial charge in [0, 0.05) is 59.9 Å². The number of hydrogen-bond donors (Lipinski definition) is 2. The van der Waals surface area contributed by atoms with Crippen LogP contribution >= 0.6 is 22.9 Å². The maximum absolute atomic E-state index is 13.6. The predicted octanol–water partition coefficient (Wildman–Crippen LogP) is 4.43. The van der Waals surface area contributed by atoms with Gasteiger partial charge in [-0.1, -0.05) is 11.6 Å². The second-order valence-corrected chi connectivity index (χ2v) is 12.5. The van der Waals surface area contributed by atoms with Crippen molar-refractivity contribution in [3.8, 4) is 0 Å². The van der Waals surface area contributed by atoms with Gasteiger partial charge in [0.05, 0.1) is 17.5 Å². The highest BCUT2D eigenvalue weighted by Gasteiger charge is 2.35. The monoisotopic (exact) mass is 583 g/mol. The van der Waals surface area contributed by atoms with Crippen molar-refractivity contribution in [2.24, 2.45) is 0 Å². The molecule has 1 saturated heterocycles. The minimum Gasteiger partial charge on any atom is -0.394 e. The number of carbonyl (C=O) groups excluding carboxylic acids is 1. The van der Waals surface area contributed by atoms with E-state index in [-0.39, 0.29) is 35.2 Å². The molecule has 0 saturated carbocycles. The molecule has 5 rings (SSSR count). The molecule has 210 valence electrons. The zero-order valence-electron chi connectivity index (χ0n) is 21.0. The molecule has 9 nitrogen and oxygen atoms in total. The predicted molar refractivity (Wildman–Crippen MR) is 159 cm³/mol. The molecule has 0 spiro atoms. The molecule has 3 aromatic rings. The van der Waals surface area contributed by atoms with E-state index in [1.807, 2.05) is 25.1 Å². The number of aliphatic hydroxyl groups is 1. The Morgan fingerprint density at radius 2 is 2.03 bits per heavy atom. The summed E-state index contributed by atoms with van der Waals surface area (Å²) in [5.74, 6) is -0.0128. The summed E-state index contributed by atoms with van der Waals surface area (Å²) in [6, 6.07) is 11.7. The highest BCUT2D eigenvalue weighted by Crippen LogP contribution is 2.32. The number of aromatic nitrogens is 1. The van der Waals surface area contributed by atoms with E-state index in [0.717, 1.165) is 36.3 Å². The third-order valence-corrected chi connectivity index (χ3v) is 9.57. The van der Waals surface area contributed by atoms with Crippen molar-refractivity contribution in [3.05, 3.63) is 64.6 Å². The van der Waals surface area contributed by atoms with Crippen LogP contribution in [0.3, 0.4) is 0 Å². The van der Waals surface area contributed by atoms with Gasteiger partial charge in [-0.15, -0.1) is 11.3 Å². The lowest BCUT2D eigenvalue weighted by molar-refractivity contribution is -0.136. The van der Waals surface area contributed by atoms with Crippen LogP contribution in [0.15, 0.2) is 58.9 Å². The molecule has 0 unspecified atom stereocenters. The lowest BCUT2D eigenvalue weighted by atomic mass is 9.99. The minimum absolute atomic E-state index is 0. The van der Waals surface area contributed by atoms with Gasteiger partial charge in [-0.05, 0) is 67.8 Å². The van der Waals surface area contributed by atoms with E-state index >= 15 is 0 Å². The molecular weight excluding hydrogens is 546 g/mol. The number of aryl methyl sites for hydroxylation is 1. The molecule has 12 heteroatoms. The van der Waals surface area contributed by atoms with Gasteiger partial charge in [0.25, 0.3) is 10.0 Å². The van der Waals surface area contributed by atoms with Crippen LogP contribution < -0.4 is 14.5 Å². The first-order chi connectivity index (χ1) is 18.3. The van der Waals surface area contributed by atoms with E-state index in [2.05, 4.69) is 19.5 Å². The number of rotatable bonds is 7. The summed E-state index contributed by atoms with van der Waals surface area (Å²) in [7, 11) is -3.74. The largest absolute Gasteiger partial charge is 0.394 e. The number of nitrogens with one attached hydrogen (secondary N) is 1. The van der Waals surface area contributed by atoms with Crippen LogP contribution in [0.1, 0.15) is 24.6 Å². The third kappa shape index (κ3) is 5.47. The first kappa shape index (κ1) is 26.7. The van der Waals surface area contributed by atoms with Crippen molar-refractivity contribution >= 4 is 55.4 Å². The molecule has 2 aliphatic rings. The Bertz CT molecular complexity index is 1400. The molecule has 1 fully saturated rings. The SMILES string of the molecule is C[C@H](C(=O)N1CCN(c2ccc(S(=O)(=O)Nc3nccs3)cc2)C[C@H]1CO)N1CCCc2cc(Cl)ccc21.[HH].[HH].[HH].[HH]. The number of thiazole rings is 1. The number of hydrogen-bond acceptors (Lipinski definition) is 8. The number of fused-ring (bicyclic) bond motifs is 1. The van der Waals surface area contributed by atoms with E-state index in [1.165, 1.54) is 17.5 Å². The summed E-state index contributed by atoms with van der Waals surface area (Å²) in [4.78, 5) is 23.7. The molecule has 38 heavy (non-hydrogen) atoms. The number of nitrogens with zero attached hydrogens (tertiary/aromatic N) is 4. The van der Waals surface area contributed by atoms with Crippen LogP contribution in [-0.4, -0.2) is 74.2 Å². The summed E-state index contributed by atoms with van der Waals surface area (Å²) >= 11 is 7.40. The smallest absolute Gasteiger partial charge is 0.263 e. The van der Waals surface area contributed by atoms with E-state index in [1.54, 1.807) is 34.5 Å². The molecular formula is C26H38ClN5O4S2. The highest BCUT2D eigenvalue weighted by molar-refractivity contribution is 7.93. The molecule has 0 bridgehead atoms. The van der Waals surface area contributed by atoms with Crippen molar-refractivity contribution in [2.45, 2.75) is 36.7 Å². The number of sulfonamides is 1. The van der Waals surface area contributed by atoms with E-state index in [9.17, 15) is 18.3 Å². The Morgan fingerprint density at radius 3 is 2.74 bits per heavy atom. The number of carbonyl (C=O) groups is 1. The minimum atomic E-state index is -3.74. The van der Waals surface area contributed by atoms with Crippen LogP contribution in [0.2, 0.25) is 5.02 Å². The quantitative estimate of drug-likeness (QED) is 0.424. The molecule has 1 amide bonds. The maximum atomic E-state index is 13.6. The van der Waals surface area contributed by atoms with Gasteiger partial charge in [-0.3, -0.25) is 9.52 Å². The molecule has 2 aliphatic heterocycles. The lowest BCUT2D eigenvalue weighted by Crippen LogP contribution is -2.60. The van der Waals surface area contributed by atoms with Gasteiger partial charge >= 0.3 is 0 Å². The van der Waals surface area contributed by atoms with Gasteiger partial charge in [0.2, 0.25) is 5.91 Å². The molecule has 2 atom stereocenters. The fourth-order valence-electron chi connectivity index (χ4n) is 5.19. The Labute approximate surface area is 237 Å². The molecule has 2 N–H and O–H groups in total. The van der Waals surface area contributed by atoms with Crippen molar-refractivity contribution in [2.75, 3.05) is 47.3 Å². The number of benzene rings is 2.